The normalized spacial score (nSPS) is 11.8. The minimum Gasteiger partial charge on any atom is -0.361 e. The summed E-state index contributed by atoms with van der Waals surface area (Å²) in [5.74, 6) is 0.672. The SMILES string of the molecule is CCC(NC(=O)Nc1ccc([N+](=O)[O-])cc1C)c1c(C)noc1C. The van der Waals surface area contributed by atoms with E-state index in [4.69, 9.17) is 4.52 Å². The molecule has 8 nitrogen and oxygen atoms in total. The van der Waals surface area contributed by atoms with Gasteiger partial charge >= 0.3 is 6.03 Å². The standard InChI is InChI=1S/C16H20N4O4/c1-5-13(15-10(3)19-24-11(15)4)17-16(21)18-14-7-6-12(20(22)23)8-9(14)2/h6-8,13H,5H2,1-4H3,(H2,17,18,21). The van der Waals surface area contributed by atoms with Crippen molar-refractivity contribution >= 4 is 17.4 Å². The van der Waals surface area contributed by atoms with Crippen molar-refractivity contribution in [2.24, 2.45) is 0 Å². The lowest BCUT2D eigenvalue weighted by Gasteiger charge is -2.18. The van der Waals surface area contributed by atoms with E-state index >= 15 is 0 Å². The quantitative estimate of drug-likeness (QED) is 0.639. The van der Waals surface area contributed by atoms with Crippen molar-refractivity contribution in [1.29, 1.82) is 0 Å². The molecular weight excluding hydrogens is 312 g/mol. The summed E-state index contributed by atoms with van der Waals surface area (Å²) in [7, 11) is 0. The van der Waals surface area contributed by atoms with Gasteiger partial charge in [-0.05, 0) is 38.8 Å². The van der Waals surface area contributed by atoms with Gasteiger partial charge in [-0.25, -0.2) is 4.79 Å². The maximum absolute atomic E-state index is 12.3. The molecular formula is C16H20N4O4. The number of non-ortho nitro benzene ring substituents is 1. The van der Waals surface area contributed by atoms with Gasteiger partial charge in [0.1, 0.15) is 5.76 Å². The molecule has 2 aromatic rings. The molecule has 0 radical (unpaired) electrons. The van der Waals surface area contributed by atoms with Gasteiger partial charge in [0.2, 0.25) is 0 Å². The molecule has 0 bridgehead atoms. The number of benzene rings is 1. The van der Waals surface area contributed by atoms with E-state index in [1.54, 1.807) is 13.8 Å². The third-order valence-corrected chi connectivity index (χ3v) is 3.82. The Morgan fingerprint density at radius 1 is 1.38 bits per heavy atom. The lowest BCUT2D eigenvalue weighted by molar-refractivity contribution is -0.384. The van der Waals surface area contributed by atoms with Gasteiger partial charge in [-0.3, -0.25) is 10.1 Å². The van der Waals surface area contributed by atoms with Crippen LogP contribution in [0.1, 0.15) is 42.0 Å². The van der Waals surface area contributed by atoms with Crippen LogP contribution in [0.2, 0.25) is 0 Å². The number of urea groups is 1. The molecule has 0 saturated heterocycles. The van der Waals surface area contributed by atoms with Gasteiger partial charge in [0, 0.05) is 23.4 Å². The molecule has 0 aliphatic carbocycles. The Balaban J connectivity index is 2.11. The second-order valence-corrected chi connectivity index (χ2v) is 5.55. The third-order valence-electron chi connectivity index (χ3n) is 3.82. The van der Waals surface area contributed by atoms with Crippen molar-refractivity contribution in [2.75, 3.05) is 5.32 Å². The monoisotopic (exact) mass is 332 g/mol. The van der Waals surface area contributed by atoms with Crippen molar-refractivity contribution < 1.29 is 14.2 Å². The van der Waals surface area contributed by atoms with Gasteiger partial charge in [0.25, 0.3) is 5.69 Å². The molecule has 2 amide bonds. The highest BCUT2D eigenvalue weighted by Crippen LogP contribution is 2.25. The number of nitrogens with one attached hydrogen (secondary N) is 2. The number of anilines is 1. The van der Waals surface area contributed by atoms with Crippen LogP contribution in [-0.4, -0.2) is 16.1 Å². The molecule has 1 aromatic carbocycles. The molecule has 24 heavy (non-hydrogen) atoms. The lowest BCUT2D eigenvalue weighted by atomic mass is 10.0. The number of aromatic nitrogens is 1. The Morgan fingerprint density at radius 2 is 2.08 bits per heavy atom. The number of hydrogen-bond donors (Lipinski definition) is 2. The summed E-state index contributed by atoms with van der Waals surface area (Å²) in [6.07, 6.45) is 0.676. The first kappa shape index (κ1) is 17.5. The Morgan fingerprint density at radius 3 is 2.58 bits per heavy atom. The minimum absolute atomic E-state index is 0.0133. The number of hydrogen-bond acceptors (Lipinski definition) is 5. The second kappa shape index (κ2) is 7.12. The van der Waals surface area contributed by atoms with Gasteiger partial charge in [-0.15, -0.1) is 0 Å². The van der Waals surface area contributed by atoms with E-state index in [9.17, 15) is 14.9 Å². The van der Waals surface area contributed by atoms with Crippen molar-refractivity contribution in [2.45, 2.75) is 40.2 Å². The molecule has 1 unspecified atom stereocenters. The molecule has 0 aliphatic heterocycles. The number of carbonyl (C=O) groups excluding carboxylic acids is 1. The first-order chi connectivity index (χ1) is 11.3. The average molecular weight is 332 g/mol. The maximum Gasteiger partial charge on any atom is 0.319 e. The molecule has 1 atom stereocenters. The molecule has 8 heteroatoms. The topological polar surface area (TPSA) is 110 Å². The Hall–Kier alpha value is -2.90. The summed E-state index contributed by atoms with van der Waals surface area (Å²) < 4.78 is 5.15. The number of nitrogens with zero attached hydrogens (tertiary/aromatic N) is 2. The predicted molar refractivity (Wildman–Crippen MR) is 89.0 cm³/mol. The third kappa shape index (κ3) is 3.70. The fourth-order valence-electron chi connectivity index (χ4n) is 2.58. The Bertz CT molecular complexity index is 750. The van der Waals surface area contributed by atoms with Gasteiger partial charge in [-0.2, -0.15) is 0 Å². The van der Waals surface area contributed by atoms with E-state index < -0.39 is 4.92 Å². The van der Waals surface area contributed by atoms with E-state index in [0.717, 1.165) is 11.3 Å². The number of nitro benzene ring substituents is 1. The zero-order valence-corrected chi connectivity index (χ0v) is 14.0. The van der Waals surface area contributed by atoms with Crippen LogP contribution in [0.3, 0.4) is 0 Å². The molecule has 1 heterocycles. The highest BCUT2D eigenvalue weighted by molar-refractivity contribution is 5.90. The fourth-order valence-corrected chi connectivity index (χ4v) is 2.58. The van der Waals surface area contributed by atoms with Crippen molar-refractivity contribution in [3.8, 4) is 0 Å². The van der Waals surface area contributed by atoms with E-state index in [-0.39, 0.29) is 17.8 Å². The van der Waals surface area contributed by atoms with Gasteiger partial charge in [0.15, 0.2) is 0 Å². The van der Waals surface area contributed by atoms with Crippen molar-refractivity contribution in [3.63, 3.8) is 0 Å². The zero-order valence-electron chi connectivity index (χ0n) is 14.0. The summed E-state index contributed by atoms with van der Waals surface area (Å²) in [6.45, 7) is 7.29. The molecule has 2 rings (SSSR count). The van der Waals surface area contributed by atoms with Crippen LogP contribution in [0.5, 0.6) is 0 Å². The molecule has 0 fully saturated rings. The summed E-state index contributed by atoms with van der Waals surface area (Å²) >= 11 is 0. The first-order valence-electron chi connectivity index (χ1n) is 7.58. The van der Waals surface area contributed by atoms with Crippen LogP contribution in [0.25, 0.3) is 0 Å². The van der Waals surface area contributed by atoms with Crippen LogP contribution < -0.4 is 10.6 Å². The van der Waals surface area contributed by atoms with Gasteiger partial charge in [0.05, 0.1) is 16.7 Å². The molecule has 0 aliphatic rings. The molecule has 2 N–H and O–H groups in total. The molecule has 0 spiro atoms. The summed E-state index contributed by atoms with van der Waals surface area (Å²) in [6, 6.07) is 3.67. The molecule has 1 aromatic heterocycles. The van der Waals surface area contributed by atoms with Crippen LogP contribution in [0.15, 0.2) is 22.7 Å². The summed E-state index contributed by atoms with van der Waals surface area (Å²) in [5, 5.41) is 20.3. The fraction of sp³-hybridized carbons (Fsp3) is 0.375. The van der Waals surface area contributed by atoms with Crippen LogP contribution in [0, 0.1) is 30.9 Å². The lowest BCUT2D eigenvalue weighted by Crippen LogP contribution is -2.33. The summed E-state index contributed by atoms with van der Waals surface area (Å²) in [5.41, 5.74) is 2.73. The van der Waals surface area contributed by atoms with Crippen LogP contribution >= 0.6 is 0 Å². The number of nitro groups is 1. The molecule has 128 valence electrons. The molecule has 0 saturated carbocycles. The summed E-state index contributed by atoms with van der Waals surface area (Å²) in [4.78, 5) is 22.5. The van der Waals surface area contributed by atoms with Gasteiger partial charge < -0.3 is 15.2 Å². The van der Waals surface area contributed by atoms with Gasteiger partial charge in [-0.1, -0.05) is 12.1 Å². The van der Waals surface area contributed by atoms with E-state index in [1.807, 2.05) is 13.8 Å². The highest BCUT2D eigenvalue weighted by atomic mass is 16.6. The van der Waals surface area contributed by atoms with Crippen LogP contribution in [0.4, 0.5) is 16.2 Å². The maximum atomic E-state index is 12.3. The van der Waals surface area contributed by atoms with Crippen molar-refractivity contribution in [3.05, 3.63) is 50.9 Å². The number of carbonyl (C=O) groups is 1. The Labute approximate surface area is 139 Å². The predicted octanol–water partition coefficient (Wildman–Crippen LogP) is 3.78. The zero-order chi connectivity index (χ0) is 17.9. The van der Waals surface area contributed by atoms with Crippen molar-refractivity contribution in [1.82, 2.24) is 10.5 Å². The second-order valence-electron chi connectivity index (χ2n) is 5.55. The minimum atomic E-state index is -0.471. The largest absolute Gasteiger partial charge is 0.361 e. The Kier molecular flexibility index (Phi) is 5.18. The highest BCUT2D eigenvalue weighted by Gasteiger charge is 2.21. The van der Waals surface area contributed by atoms with Crippen LogP contribution in [-0.2, 0) is 0 Å². The first-order valence-corrected chi connectivity index (χ1v) is 7.58. The number of rotatable bonds is 5. The van der Waals surface area contributed by atoms with E-state index in [2.05, 4.69) is 15.8 Å². The van der Waals surface area contributed by atoms with E-state index in [0.29, 0.717) is 23.4 Å². The average Bonchev–Trinajstić information content (AvgIpc) is 2.86. The number of amides is 2. The van der Waals surface area contributed by atoms with E-state index in [1.165, 1.54) is 18.2 Å². The number of aryl methyl sites for hydroxylation is 3. The smallest absolute Gasteiger partial charge is 0.319 e.